The number of aliphatic hydroxyl groups excluding tert-OH is 1. The number of nitrogens with zero attached hydrogens (tertiary/aromatic N) is 2. The molecule has 1 amide bonds. The summed E-state index contributed by atoms with van der Waals surface area (Å²) in [7, 11) is 0. The molecule has 1 aromatic heterocycles. The smallest absolute Gasteiger partial charge is 0.272 e. The van der Waals surface area contributed by atoms with Gasteiger partial charge in [0.25, 0.3) is 5.91 Å². The number of hydrogen-bond acceptors (Lipinski definition) is 4. The Morgan fingerprint density at radius 1 is 1.16 bits per heavy atom. The highest BCUT2D eigenvalue weighted by molar-refractivity contribution is 5.92. The number of aromatic nitrogens is 1. The van der Waals surface area contributed by atoms with Crippen LogP contribution in [-0.2, 0) is 6.61 Å². The quantitative estimate of drug-likeness (QED) is 0.567. The molecule has 0 aliphatic carbocycles. The molecular weight excluding hydrogens is 400 g/mol. The summed E-state index contributed by atoms with van der Waals surface area (Å²) in [5.41, 5.74) is 4.39. The molecule has 166 valence electrons. The molecule has 0 bridgehead atoms. The van der Waals surface area contributed by atoms with Crippen LogP contribution >= 0.6 is 0 Å². The maximum absolute atomic E-state index is 12.9. The second kappa shape index (κ2) is 9.53. The lowest BCUT2D eigenvalue weighted by Crippen LogP contribution is -2.29. The van der Waals surface area contributed by atoms with Crippen LogP contribution in [0, 0.1) is 6.92 Å². The highest BCUT2D eigenvalue weighted by Gasteiger charge is 2.30. The van der Waals surface area contributed by atoms with Crippen LogP contribution in [0.25, 0.3) is 0 Å². The number of rotatable bonds is 6. The van der Waals surface area contributed by atoms with Gasteiger partial charge < -0.3 is 14.7 Å². The zero-order chi connectivity index (χ0) is 22.7. The number of hydrogen-bond donors (Lipinski definition) is 1. The second-order valence-corrected chi connectivity index (χ2v) is 8.71. The number of amides is 1. The summed E-state index contributed by atoms with van der Waals surface area (Å²) in [5.74, 6) is 2.05. The van der Waals surface area contributed by atoms with Gasteiger partial charge in [-0.15, -0.1) is 0 Å². The van der Waals surface area contributed by atoms with E-state index in [4.69, 9.17) is 4.74 Å². The molecule has 32 heavy (non-hydrogen) atoms. The van der Waals surface area contributed by atoms with Crippen LogP contribution in [0.2, 0.25) is 0 Å². The first-order valence-electron chi connectivity index (χ1n) is 11.2. The Kier molecular flexibility index (Phi) is 6.56. The van der Waals surface area contributed by atoms with E-state index in [0.29, 0.717) is 30.5 Å². The van der Waals surface area contributed by atoms with Crippen molar-refractivity contribution in [3.8, 4) is 11.5 Å². The van der Waals surface area contributed by atoms with Crippen molar-refractivity contribution >= 4 is 5.91 Å². The second-order valence-electron chi connectivity index (χ2n) is 8.71. The number of benzene rings is 2. The fourth-order valence-electron chi connectivity index (χ4n) is 4.38. The largest absolute Gasteiger partial charge is 0.457 e. The number of pyridine rings is 1. The minimum atomic E-state index is -0.0672. The molecule has 1 aliphatic heterocycles. The van der Waals surface area contributed by atoms with E-state index in [0.717, 1.165) is 34.6 Å². The molecule has 1 fully saturated rings. The van der Waals surface area contributed by atoms with E-state index in [9.17, 15) is 9.90 Å². The van der Waals surface area contributed by atoms with Crippen molar-refractivity contribution in [1.82, 2.24) is 9.88 Å². The summed E-state index contributed by atoms with van der Waals surface area (Å²) in [6.45, 7) is 7.41. The van der Waals surface area contributed by atoms with Crippen LogP contribution < -0.4 is 4.74 Å². The van der Waals surface area contributed by atoms with Gasteiger partial charge >= 0.3 is 0 Å². The van der Waals surface area contributed by atoms with Crippen LogP contribution in [0.5, 0.6) is 11.5 Å². The summed E-state index contributed by atoms with van der Waals surface area (Å²) >= 11 is 0. The monoisotopic (exact) mass is 430 g/mol. The van der Waals surface area contributed by atoms with Gasteiger partial charge in [0.05, 0.1) is 6.61 Å². The average Bonchev–Trinajstić information content (AvgIpc) is 3.28. The lowest BCUT2D eigenvalue weighted by atomic mass is 9.93. The fraction of sp³-hybridized carbons (Fsp3) is 0.333. The molecule has 2 heterocycles. The van der Waals surface area contributed by atoms with Crippen molar-refractivity contribution in [1.29, 1.82) is 0 Å². The standard InChI is InChI=1S/C27H30N2O3/c1-18(2)23-8-4-5-10-26(23)32-22-11-12-24(21(15-22)17-30)20-13-14-29(16-20)27(31)25-9-6-7-19(3)28-25/h4-12,15,18,20,30H,13-14,16-17H2,1-3H3. The number of ether oxygens (including phenoxy) is 1. The van der Waals surface area contributed by atoms with Crippen LogP contribution in [0.3, 0.4) is 0 Å². The Morgan fingerprint density at radius 3 is 2.72 bits per heavy atom. The SMILES string of the molecule is Cc1cccc(C(=O)N2CCC(c3ccc(Oc4ccccc4C(C)C)cc3CO)C2)n1. The van der Waals surface area contributed by atoms with E-state index < -0.39 is 0 Å². The van der Waals surface area contributed by atoms with Crippen molar-refractivity contribution in [3.05, 3.63) is 88.7 Å². The molecule has 2 aromatic carbocycles. The van der Waals surface area contributed by atoms with Crippen LogP contribution in [0.15, 0.2) is 60.7 Å². The molecule has 1 atom stereocenters. The molecule has 5 heteroatoms. The van der Waals surface area contributed by atoms with Crippen LogP contribution in [-0.4, -0.2) is 34.0 Å². The molecule has 1 N–H and O–H groups in total. The van der Waals surface area contributed by atoms with Gasteiger partial charge in [-0.05, 0) is 66.3 Å². The molecule has 0 radical (unpaired) electrons. The Bertz CT molecular complexity index is 1110. The lowest BCUT2D eigenvalue weighted by molar-refractivity contribution is 0.0784. The predicted molar refractivity (Wildman–Crippen MR) is 125 cm³/mol. The van der Waals surface area contributed by atoms with Crippen molar-refractivity contribution < 1.29 is 14.6 Å². The Balaban J connectivity index is 1.51. The first-order valence-corrected chi connectivity index (χ1v) is 11.2. The number of aryl methyl sites for hydroxylation is 1. The zero-order valence-corrected chi connectivity index (χ0v) is 18.9. The first kappa shape index (κ1) is 22.0. The fourth-order valence-corrected chi connectivity index (χ4v) is 4.38. The van der Waals surface area contributed by atoms with Crippen LogP contribution in [0.1, 0.15) is 65.0 Å². The van der Waals surface area contributed by atoms with Gasteiger partial charge in [-0.25, -0.2) is 4.98 Å². The third-order valence-corrected chi connectivity index (χ3v) is 6.08. The third kappa shape index (κ3) is 4.68. The Morgan fingerprint density at radius 2 is 1.97 bits per heavy atom. The summed E-state index contributed by atoms with van der Waals surface area (Å²) in [4.78, 5) is 19.1. The molecule has 0 saturated carbocycles. The van der Waals surface area contributed by atoms with E-state index in [-0.39, 0.29) is 18.4 Å². The molecule has 5 nitrogen and oxygen atoms in total. The van der Waals surface area contributed by atoms with E-state index in [1.54, 1.807) is 6.07 Å². The van der Waals surface area contributed by atoms with Crippen LogP contribution in [0.4, 0.5) is 0 Å². The molecular formula is C27H30N2O3. The third-order valence-electron chi connectivity index (χ3n) is 6.08. The number of para-hydroxylation sites is 1. The van der Waals surface area contributed by atoms with Gasteiger partial charge in [-0.3, -0.25) is 4.79 Å². The van der Waals surface area contributed by atoms with Gasteiger partial charge in [0, 0.05) is 24.7 Å². The van der Waals surface area contributed by atoms with Gasteiger partial charge in [-0.1, -0.05) is 44.2 Å². The van der Waals surface area contributed by atoms with Gasteiger partial charge in [0.2, 0.25) is 0 Å². The lowest BCUT2D eigenvalue weighted by Gasteiger charge is -2.19. The molecule has 0 spiro atoms. The average molecular weight is 431 g/mol. The highest BCUT2D eigenvalue weighted by Crippen LogP contribution is 2.35. The summed E-state index contributed by atoms with van der Waals surface area (Å²) in [6.07, 6.45) is 0.862. The highest BCUT2D eigenvalue weighted by atomic mass is 16.5. The Hall–Kier alpha value is -3.18. The zero-order valence-electron chi connectivity index (χ0n) is 18.9. The van der Waals surface area contributed by atoms with Crippen molar-refractivity contribution in [2.45, 2.75) is 45.6 Å². The molecule has 1 aliphatic rings. The normalized spacial score (nSPS) is 15.9. The van der Waals surface area contributed by atoms with Gasteiger partial charge in [-0.2, -0.15) is 0 Å². The Labute approximate surface area is 189 Å². The molecule has 1 saturated heterocycles. The van der Waals surface area contributed by atoms with Crippen molar-refractivity contribution in [2.24, 2.45) is 0 Å². The van der Waals surface area contributed by atoms with E-state index >= 15 is 0 Å². The summed E-state index contributed by atoms with van der Waals surface area (Å²) in [5, 5.41) is 10.0. The summed E-state index contributed by atoms with van der Waals surface area (Å²) in [6, 6.07) is 19.5. The topological polar surface area (TPSA) is 62.7 Å². The van der Waals surface area contributed by atoms with Crippen molar-refractivity contribution in [2.75, 3.05) is 13.1 Å². The van der Waals surface area contributed by atoms with E-state index in [1.807, 2.05) is 60.4 Å². The predicted octanol–water partition coefficient (Wildman–Crippen LogP) is 5.43. The maximum Gasteiger partial charge on any atom is 0.272 e. The molecule has 4 rings (SSSR count). The number of carbonyl (C=O) groups is 1. The maximum atomic E-state index is 12.9. The van der Waals surface area contributed by atoms with Gasteiger partial charge in [0.15, 0.2) is 0 Å². The van der Waals surface area contributed by atoms with E-state index in [1.165, 1.54) is 0 Å². The summed E-state index contributed by atoms with van der Waals surface area (Å²) < 4.78 is 6.18. The van der Waals surface area contributed by atoms with E-state index in [2.05, 4.69) is 24.9 Å². The molecule has 1 unspecified atom stereocenters. The minimum Gasteiger partial charge on any atom is -0.457 e. The number of carbonyl (C=O) groups excluding carboxylic acids is 1. The first-order chi connectivity index (χ1) is 15.5. The number of likely N-dealkylation sites (tertiary alicyclic amines) is 1. The van der Waals surface area contributed by atoms with Gasteiger partial charge in [0.1, 0.15) is 17.2 Å². The van der Waals surface area contributed by atoms with Crippen molar-refractivity contribution in [3.63, 3.8) is 0 Å². The number of aliphatic hydroxyl groups is 1. The minimum absolute atomic E-state index is 0.0352. The molecule has 3 aromatic rings.